The molecule has 0 saturated heterocycles. The minimum atomic E-state index is -0.447. The predicted octanol–water partition coefficient (Wildman–Crippen LogP) is 6.42. The molecule has 0 bridgehead atoms. The summed E-state index contributed by atoms with van der Waals surface area (Å²) in [6.45, 7) is 8.18. The lowest BCUT2D eigenvalue weighted by Crippen LogP contribution is -2.23. The second-order valence-electron chi connectivity index (χ2n) is 9.10. The van der Waals surface area contributed by atoms with Gasteiger partial charge in [-0.25, -0.2) is 4.98 Å². The van der Waals surface area contributed by atoms with Crippen molar-refractivity contribution in [1.82, 2.24) is 14.8 Å². The predicted molar refractivity (Wildman–Crippen MR) is 141 cm³/mol. The number of hydrogen-bond donors (Lipinski definition) is 1. The van der Waals surface area contributed by atoms with E-state index in [1.54, 1.807) is 4.68 Å². The van der Waals surface area contributed by atoms with Crippen molar-refractivity contribution in [3.63, 3.8) is 0 Å². The van der Waals surface area contributed by atoms with Gasteiger partial charge < -0.3 is 5.32 Å². The second kappa shape index (κ2) is 9.18. The third-order valence-corrected chi connectivity index (χ3v) is 6.27. The van der Waals surface area contributed by atoms with Crippen molar-refractivity contribution in [3.05, 3.63) is 118 Å². The van der Waals surface area contributed by atoms with E-state index in [0.717, 1.165) is 38.9 Å². The fourth-order valence-electron chi connectivity index (χ4n) is 4.68. The number of aromatic nitrogens is 3. The van der Waals surface area contributed by atoms with Gasteiger partial charge in [0.2, 0.25) is 5.91 Å². The molecule has 5 heteroatoms. The molecule has 2 heterocycles. The molecule has 0 aliphatic rings. The summed E-state index contributed by atoms with van der Waals surface area (Å²) in [5, 5.41) is 8.95. The average molecular weight is 461 g/mol. The van der Waals surface area contributed by atoms with E-state index in [1.165, 1.54) is 5.56 Å². The van der Waals surface area contributed by atoms with Gasteiger partial charge in [0.15, 0.2) is 5.82 Å². The zero-order chi connectivity index (χ0) is 24.5. The van der Waals surface area contributed by atoms with Gasteiger partial charge in [0.1, 0.15) is 5.82 Å². The Labute approximate surface area is 205 Å². The van der Waals surface area contributed by atoms with Gasteiger partial charge in [-0.1, -0.05) is 72.3 Å². The van der Waals surface area contributed by atoms with Crippen LogP contribution in [0.2, 0.25) is 0 Å². The van der Waals surface area contributed by atoms with Crippen LogP contribution in [-0.4, -0.2) is 20.7 Å². The van der Waals surface area contributed by atoms with E-state index in [2.05, 4.69) is 43.3 Å². The van der Waals surface area contributed by atoms with E-state index < -0.39 is 5.92 Å². The van der Waals surface area contributed by atoms with Crippen LogP contribution in [0.4, 0.5) is 5.82 Å². The number of nitrogens with zero attached hydrogens (tertiary/aromatic N) is 3. The van der Waals surface area contributed by atoms with Gasteiger partial charge in [0.05, 0.1) is 17.1 Å². The van der Waals surface area contributed by atoms with Gasteiger partial charge in [-0.3, -0.25) is 4.79 Å². The van der Waals surface area contributed by atoms with Crippen LogP contribution in [0.25, 0.3) is 16.7 Å². The summed E-state index contributed by atoms with van der Waals surface area (Å²) < 4.78 is 1.73. The first kappa shape index (κ1) is 22.5. The van der Waals surface area contributed by atoms with Crippen LogP contribution in [0.3, 0.4) is 0 Å². The Hall–Kier alpha value is -4.25. The third kappa shape index (κ3) is 4.45. The molecule has 2 aromatic heterocycles. The molecule has 174 valence electrons. The summed E-state index contributed by atoms with van der Waals surface area (Å²) in [4.78, 5) is 18.6. The van der Waals surface area contributed by atoms with Gasteiger partial charge in [0, 0.05) is 11.5 Å². The molecule has 0 spiro atoms. The first-order chi connectivity index (χ1) is 16.9. The van der Waals surface area contributed by atoms with E-state index in [9.17, 15) is 4.79 Å². The highest BCUT2D eigenvalue weighted by atomic mass is 16.2. The Kier molecular flexibility index (Phi) is 5.91. The molecule has 0 radical (unpaired) electrons. The average Bonchev–Trinajstić information content (AvgIpc) is 3.21. The molecule has 0 atom stereocenters. The lowest BCUT2D eigenvalue weighted by atomic mass is 9.90. The van der Waals surface area contributed by atoms with Gasteiger partial charge in [-0.15, -0.1) is 0 Å². The minimum absolute atomic E-state index is 0.118. The minimum Gasteiger partial charge on any atom is -0.310 e. The number of hydrogen-bond acceptors (Lipinski definition) is 3. The van der Waals surface area contributed by atoms with Gasteiger partial charge in [0.25, 0.3) is 0 Å². The van der Waals surface area contributed by atoms with Crippen molar-refractivity contribution < 1.29 is 4.79 Å². The number of anilines is 1. The molecule has 5 aromatic rings. The number of carbonyl (C=O) groups excluding carboxylic acids is 1. The third-order valence-electron chi connectivity index (χ3n) is 6.27. The smallest absolute Gasteiger partial charge is 0.237 e. The van der Waals surface area contributed by atoms with E-state index in [4.69, 9.17) is 4.98 Å². The largest absolute Gasteiger partial charge is 0.310 e. The zero-order valence-corrected chi connectivity index (χ0v) is 20.4. The van der Waals surface area contributed by atoms with E-state index in [1.807, 2.05) is 79.7 Å². The van der Waals surface area contributed by atoms with Crippen molar-refractivity contribution in [3.8, 4) is 5.82 Å². The molecule has 1 amide bonds. The van der Waals surface area contributed by atoms with Crippen molar-refractivity contribution >= 4 is 22.6 Å². The first-order valence-corrected chi connectivity index (χ1v) is 11.8. The molecule has 0 aliphatic carbocycles. The van der Waals surface area contributed by atoms with Crippen molar-refractivity contribution in [1.29, 1.82) is 0 Å². The van der Waals surface area contributed by atoms with Gasteiger partial charge in [-0.05, 0) is 62.1 Å². The number of amides is 1. The fourth-order valence-corrected chi connectivity index (χ4v) is 4.68. The normalized spacial score (nSPS) is 11.2. The number of rotatable bonds is 5. The maximum Gasteiger partial charge on any atom is 0.237 e. The number of fused-ring (bicyclic) bond motifs is 1. The van der Waals surface area contributed by atoms with Crippen LogP contribution in [0.15, 0.2) is 84.9 Å². The lowest BCUT2D eigenvalue weighted by Gasteiger charge is -2.18. The molecule has 5 nitrogen and oxygen atoms in total. The molecule has 5 rings (SSSR count). The molecule has 0 saturated carbocycles. The van der Waals surface area contributed by atoms with Crippen LogP contribution in [0, 0.1) is 27.7 Å². The fraction of sp³-hybridized carbons (Fsp3) is 0.167. The van der Waals surface area contributed by atoms with Crippen molar-refractivity contribution in [2.24, 2.45) is 0 Å². The van der Waals surface area contributed by atoms with E-state index in [0.29, 0.717) is 11.6 Å². The van der Waals surface area contributed by atoms with Crippen LogP contribution >= 0.6 is 0 Å². The van der Waals surface area contributed by atoms with Crippen LogP contribution in [0.5, 0.6) is 0 Å². The Morgan fingerprint density at radius 2 is 1.43 bits per heavy atom. The molecular weight excluding hydrogens is 432 g/mol. The molecule has 0 unspecified atom stereocenters. The monoisotopic (exact) mass is 460 g/mol. The highest BCUT2D eigenvalue weighted by Crippen LogP contribution is 2.29. The summed E-state index contributed by atoms with van der Waals surface area (Å²) in [5.41, 5.74) is 7.07. The Morgan fingerprint density at radius 1 is 0.800 bits per heavy atom. The maximum atomic E-state index is 13.7. The lowest BCUT2D eigenvalue weighted by molar-refractivity contribution is -0.116. The quantitative estimate of drug-likeness (QED) is 0.329. The van der Waals surface area contributed by atoms with Crippen LogP contribution < -0.4 is 5.32 Å². The summed E-state index contributed by atoms with van der Waals surface area (Å²) in [6.07, 6.45) is 0. The van der Waals surface area contributed by atoms with Crippen molar-refractivity contribution in [2.45, 2.75) is 33.6 Å². The van der Waals surface area contributed by atoms with Gasteiger partial charge >= 0.3 is 0 Å². The Balaban J connectivity index is 1.56. The van der Waals surface area contributed by atoms with E-state index >= 15 is 0 Å². The zero-order valence-electron chi connectivity index (χ0n) is 20.4. The summed E-state index contributed by atoms with van der Waals surface area (Å²) in [7, 11) is 0. The molecule has 3 aromatic carbocycles. The molecular formula is C30H28N4O. The van der Waals surface area contributed by atoms with Crippen molar-refractivity contribution in [2.75, 3.05) is 5.32 Å². The van der Waals surface area contributed by atoms with Crippen LogP contribution in [0.1, 0.15) is 39.4 Å². The summed E-state index contributed by atoms with van der Waals surface area (Å²) >= 11 is 0. The Morgan fingerprint density at radius 3 is 2.06 bits per heavy atom. The number of carbonyl (C=O) groups is 1. The highest BCUT2D eigenvalue weighted by Gasteiger charge is 2.24. The summed E-state index contributed by atoms with van der Waals surface area (Å²) in [5.74, 6) is 0.715. The molecule has 0 fully saturated rings. The van der Waals surface area contributed by atoms with Gasteiger partial charge in [-0.2, -0.15) is 9.78 Å². The summed E-state index contributed by atoms with van der Waals surface area (Å²) in [6, 6.07) is 27.9. The topological polar surface area (TPSA) is 59.8 Å². The number of aryl methyl sites for hydroxylation is 4. The molecule has 35 heavy (non-hydrogen) atoms. The Bertz CT molecular complexity index is 1480. The van der Waals surface area contributed by atoms with E-state index in [-0.39, 0.29) is 5.91 Å². The van der Waals surface area contributed by atoms with Crippen LogP contribution in [-0.2, 0) is 4.79 Å². The second-order valence-corrected chi connectivity index (χ2v) is 9.10. The number of nitrogens with one attached hydrogen (secondary N) is 1. The molecule has 1 N–H and O–H groups in total. The SMILES string of the molecule is Cc1cc(C)c2nc(-n3nc(C)cc3NC(=O)C(c3ccccc3)c3ccccc3)cc(C)c2c1. The first-order valence-electron chi connectivity index (χ1n) is 11.8. The standard InChI is InChI=1S/C30H28N4O/c1-19-15-21(3)29-25(16-19)20(2)17-26(31-29)34-27(18-22(4)33-34)32-30(35)28(23-11-7-5-8-12-23)24-13-9-6-10-14-24/h5-18,28H,1-4H3,(H,32,35). The number of benzene rings is 3. The highest BCUT2D eigenvalue weighted by molar-refractivity contribution is 5.98. The number of pyridine rings is 1. The maximum absolute atomic E-state index is 13.7. The molecule has 0 aliphatic heterocycles.